The van der Waals surface area contributed by atoms with Crippen LogP contribution in [0.15, 0.2) is 0 Å². The molecule has 1 rings (SSSR count). The molecule has 3 heteroatoms. The number of ether oxygens (including phenoxy) is 1. The first-order valence-electron chi connectivity index (χ1n) is 6.70. The summed E-state index contributed by atoms with van der Waals surface area (Å²) in [5, 5.41) is 3.65. The summed E-state index contributed by atoms with van der Waals surface area (Å²) in [7, 11) is 1.77. The lowest BCUT2D eigenvalue weighted by Crippen LogP contribution is -2.34. The maximum Gasteiger partial charge on any atom is 0.0474 e. The normalized spacial score (nSPS) is 23.6. The van der Waals surface area contributed by atoms with E-state index in [0.29, 0.717) is 6.04 Å². The smallest absolute Gasteiger partial charge is 0.0474 e. The van der Waals surface area contributed by atoms with E-state index in [0.717, 1.165) is 25.6 Å². The molecule has 0 aliphatic carbocycles. The molecule has 1 aliphatic heterocycles. The molecule has 0 aromatic heterocycles. The summed E-state index contributed by atoms with van der Waals surface area (Å²) >= 11 is 0. The van der Waals surface area contributed by atoms with E-state index in [1.165, 1.54) is 32.4 Å². The molecule has 0 aromatic rings. The number of methoxy groups -OCH3 is 1. The van der Waals surface area contributed by atoms with E-state index in [1.807, 2.05) is 0 Å². The molecule has 96 valence electrons. The minimum atomic E-state index is 0.701. The number of nitrogens with zero attached hydrogens (tertiary/aromatic N) is 1. The van der Waals surface area contributed by atoms with Gasteiger partial charge in [0.15, 0.2) is 0 Å². The average Bonchev–Trinajstić information content (AvgIpc) is 2.50. The summed E-state index contributed by atoms with van der Waals surface area (Å²) in [5.41, 5.74) is 0. The lowest BCUT2D eigenvalue weighted by Gasteiger charge is -2.24. The Bertz CT molecular complexity index is 173. The fourth-order valence-electron chi connectivity index (χ4n) is 2.36. The first kappa shape index (κ1) is 13.9. The van der Waals surface area contributed by atoms with Gasteiger partial charge in [-0.3, -0.25) is 0 Å². The standard InChI is InChI=1S/C13H28N2O/c1-12(2)15-9-4-6-13(7-10-15)14-8-5-11-16-3/h12-14H,4-11H2,1-3H3. The SMILES string of the molecule is COCCCNC1CCCN(C(C)C)CC1. The molecule has 1 atom stereocenters. The second-order valence-corrected chi connectivity index (χ2v) is 5.06. The van der Waals surface area contributed by atoms with E-state index in [9.17, 15) is 0 Å². The van der Waals surface area contributed by atoms with Crippen LogP contribution in [0.2, 0.25) is 0 Å². The zero-order valence-corrected chi connectivity index (χ0v) is 11.2. The zero-order valence-electron chi connectivity index (χ0n) is 11.2. The van der Waals surface area contributed by atoms with Gasteiger partial charge in [-0.05, 0) is 59.2 Å². The summed E-state index contributed by atoms with van der Waals surface area (Å²) < 4.78 is 5.06. The monoisotopic (exact) mass is 228 g/mol. The molecule has 1 saturated heterocycles. The zero-order chi connectivity index (χ0) is 11.8. The average molecular weight is 228 g/mol. The Morgan fingerprint density at radius 1 is 1.31 bits per heavy atom. The summed E-state index contributed by atoms with van der Waals surface area (Å²) in [6.45, 7) is 9.09. The molecule has 1 N–H and O–H groups in total. The lowest BCUT2D eigenvalue weighted by atomic mass is 10.1. The molecule has 0 amide bonds. The van der Waals surface area contributed by atoms with E-state index >= 15 is 0 Å². The molecule has 1 fully saturated rings. The topological polar surface area (TPSA) is 24.5 Å². The summed E-state index contributed by atoms with van der Waals surface area (Å²) in [4.78, 5) is 2.59. The first-order chi connectivity index (χ1) is 7.74. The van der Waals surface area contributed by atoms with Crippen molar-refractivity contribution in [2.75, 3.05) is 33.4 Å². The van der Waals surface area contributed by atoms with E-state index in [2.05, 4.69) is 24.1 Å². The molecule has 0 aromatic carbocycles. The number of rotatable bonds is 6. The molecule has 16 heavy (non-hydrogen) atoms. The number of hydrogen-bond donors (Lipinski definition) is 1. The van der Waals surface area contributed by atoms with Gasteiger partial charge in [-0.1, -0.05) is 0 Å². The first-order valence-corrected chi connectivity index (χ1v) is 6.70. The molecule has 1 heterocycles. The maximum absolute atomic E-state index is 5.06. The van der Waals surface area contributed by atoms with Gasteiger partial charge >= 0.3 is 0 Å². The molecule has 1 aliphatic rings. The Labute approximate surface area is 101 Å². The largest absolute Gasteiger partial charge is 0.385 e. The van der Waals surface area contributed by atoms with E-state index in [-0.39, 0.29) is 0 Å². The van der Waals surface area contributed by atoms with E-state index < -0.39 is 0 Å². The Kier molecular flexibility index (Phi) is 7.01. The van der Waals surface area contributed by atoms with Crippen LogP contribution in [0.5, 0.6) is 0 Å². The van der Waals surface area contributed by atoms with Crippen molar-refractivity contribution >= 4 is 0 Å². The second kappa shape index (κ2) is 8.04. The van der Waals surface area contributed by atoms with Crippen LogP contribution in [0.3, 0.4) is 0 Å². The number of nitrogens with one attached hydrogen (secondary N) is 1. The minimum absolute atomic E-state index is 0.701. The van der Waals surface area contributed by atoms with Gasteiger partial charge in [0.1, 0.15) is 0 Å². The Balaban J connectivity index is 2.15. The van der Waals surface area contributed by atoms with Crippen molar-refractivity contribution in [2.45, 2.75) is 51.6 Å². The quantitative estimate of drug-likeness (QED) is 0.703. The summed E-state index contributed by atoms with van der Waals surface area (Å²) in [6.07, 6.45) is 5.09. The van der Waals surface area contributed by atoms with Crippen molar-refractivity contribution in [3.8, 4) is 0 Å². The fourth-order valence-corrected chi connectivity index (χ4v) is 2.36. The van der Waals surface area contributed by atoms with Gasteiger partial charge < -0.3 is 15.0 Å². The third-order valence-electron chi connectivity index (χ3n) is 3.45. The second-order valence-electron chi connectivity index (χ2n) is 5.06. The van der Waals surface area contributed by atoms with Crippen molar-refractivity contribution in [2.24, 2.45) is 0 Å². The molecule has 0 saturated carbocycles. The number of likely N-dealkylation sites (tertiary alicyclic amines) is 1. The van der Waals surface area contributed by atoms with Gasteiger partial charge in [-0.2, -0.15) is 0 Å². The van der Waals surface area contributed by atoms with Gasteiger partial charge in [-0.25, -0.2) is 0 Å². The molecule has 1 unspecified atom stereocenters. The van der Waals surface area contributed by atoms with Gasteiger partial charge in [0.25, 0.3) is 0 Å². The van der Waals surface area contributed by atoms with Gasteiger partial charge in [0, 0.05) is 25.8 Å². The van der Waals surface area contributed by atoms with Crippen molar-refractivity contribution in [3.05, 3.63) is 0 Å². The Morgan fingerprint density at radius 2 is 2.12 bits per heavy atom. The lowest BCUT2D eigenvalue weighted by molar-refractivity contribution is 0.192. The highest BCUT2D eigenvalue weighted by atomic mass is 16.5. The highest BCUT2D eigenvalue weighted by Crippen LogP contribution is 2.13. The van der Waals surface area contributed by atoms with Gasteiger partial charge in [-0.15, -0.1) is 0 Å². The van der Waals surface area contributed by atoms with Gasteiger partial charge in [0.2, 0.25) is 0 Å². The maximum atomic E-state index is 5.06. The van der Waals surface area contributed by atoms with Gasteiger partial charge in [0.05, 0.1) is 0 Å². The Morgan fingerprint density at radius 3 is 2.81 bits per heavy atom. The third kappa shape index (κ3) is 5.28. The van der Waals surface area contributed by atoms with Crippen molar-refractivity contribution < 1.29 is 4.74 Å². The van der Waals surface area contributed by atoms with Crippen LogP contribution in [-0.4, -0.2) is 50.3 Å². The van der Waals surface area contributed by atoms with Crippen LogP contribution in [0, 0.1) is 0 Å². The van der Waals surface area contributed by atoms with Crippen LogP contribution in [0.25, 0.3) is 0 Å². The predicted octanol–water partition coefficient (Wildman–Crippen LogP) is 1.88. The van der Waals surface area contributed by atoms with E-state index in [4.69, 9.17) is 4.74 Å². The van der Waals surface area contributed by atoms with Crippen molar-refractivity contribution in [3.63, 3.8) is 0 Å². The van der Waals surface area contributed by atoms with Crippen molar-refractivity contribution in [1.82, 2.24) is 10.2 Å². The molecule has 0 spiro atoms. The van der Waals surface area contributed by atoms with Crippen LogP contribution in [-0.2, 0) is 4.74 Å². The summed E-state index contributed by atoms with van der Waals surface area (Å²) in [6, 6.07) is 1.42. The molecular weight excluding hydrogens is 200 g/mol. The van der Waals surface area contributed by atoms with E-state index in [1.54, 1.807) is 7.11 Å². The molecule has 0 radical (unpaired) electrons. The predicted molar refractivity (Wildman–Crippen MR) is 68.8 cm³/mol. The highest BCUT2D eigenvalue weighted by molar-refractivity contribution is 4.76. The minimum Gasteiger partial charge on any atom is -0.385 e. The third-order valence-corrected chi connectivity index (χ3v) is 3.45. The number of hydrogen-bond acceptors (Lipinski definition) is 3. The van der Waals surface area contributed by atoms with Crippen LogP contribution in [0.1, 0.15) is 39.5 Å². The fraction of sp³-hybridized carbons (Fsp3) is 1.00. The Hall–Kier alpha value is -0.120. The molecule has 0 bridgehead atoms. The van der Waals surface area contributed by atoms with Crippen LogP contribution in [0.4, 0.5) is 0 Å². The van der Waals surface area contributed by atoms with Crippen LogP contribution >= 0.6 is 0 Å². The van der Waals surface area contributed by atoms with Crippen molar-refractivity contribution in [1.29, 1.82) is 0 Å². The molecular formula is C13H28N2O. The summed E-state index contributed by atoms with van der Waals surface area (Å²) in [5.74, 6) is 0. The van der Waals surface area contributed by atoms with Crippen LogP contribution < -0.4 is 5.32 Å². The molecule has 3 nitrogen and oxygen atoms in total. The highest BCUT2D eigenvalue weighted by Gasteiger charge is 2.17.